The summed E-state index contributed by atoms with van der Waals surface area (Å²) in [5.41, 5.74) is 1.23. The van der Waals surface area contributed by atoms with E-state index >= 15 is 0 Å². The summed E-state index contributed by atoms with van der Waals surface area (Å²) in [4.78, 5) is 1.28. The first-order chi connectivity index (χ1) is 13.6. The minimum atomic E-state index is -1.96. The van der Waals surface area contributed by atoms with Gasteiger partial charge in [0, 0.05) is 22.3 Å². The van der Waals surface area contributed by atoms with E-state index in [1.165, 1.54) is 10.5 Å². The number of rotatable bonds is 7. The average molecular weight is 461 g/mol. The topological polar surface area (TPSA) is 18.5 Å². The molecule has 0 aromatic heterocycles. The van der Waals surface area contributed by atoms with Crippen LogP contribution in [-0.4, -0.2) is 16.6 Å². The third-order valence-electron chi connectivity index (χ3n) is 6.53. The van der Waals surface area contributed by atoms with E-state index in [4.69, 9.17) is 8.85 Å². The Morgan fingerprint density at radius 1 is 0.733 bits per heavy atom. The smallest absolute Gasteiger partial charge is 0.250 e. The maximum Gasteiger partial charge on any atom is 0.250 e. The molecule has 0 spiro atoms. The second-order valence-electron chi connectivity index (χ2n) is 11.1. The Bertz CT molecular complexity index is 834. The Hall–Kier alpha value is -1.18. The lowest BCUT2D eigenvalue weighted by Crippen LogP contribution is -2.44. The molecule has 0 bridgehead atoms. The van der Waals surface area contributed by atoms with Crippen molar-refractivity contribution in [2.24, 2.45) is 0 Å². The summed E-state index contributed by atoms with van der Waals surface area (Å²) in [6.07, 6.45) is 0. The van der Waals surface area contributed by atoms with Gasteiger partial charge in [0.1, 0.15) is 11.5 Å². The van der Waals surface area contributed by atoms with E-state index in [2.05, 4.69) is 116 Å². The Morgan fingerprint density at radius 3 is 1.80 bits per heavy atom. The predicted octanol–water partition coefficient (Wildman–Crippen LogP) is 8.75. The Labute approximate surface area is 191 Å². The van der Waals surface area contributed by atoms with Crippen LogP contribution in [0.5, 0.6) is 11.5 Å². The summed E-state index contributed by atoms with van der Waals surface area (Å²) in [6.45, 7) is 22.9. The van der Waals surface area contributed by atoms with E-state index in [1.807, 2.05) is 11.8 Å². The first kappa shape index (κ1) is 25.1. The van der Waals surface area contributed by atoms with Crippen molar-refractivity contribution < 1.29 is 8.85 Å². The summed E-state index contributed by atoms with van der Waals surface area (Å²) < 4.78 is 13.4. The van der Waals surface area contributed by atoms with Crippen LogP contribution in [0.1, 0.15) is 47.1 Å². The molecule has 0 saturated heterocycles. The Kier molecular flexibility index (Phi) is 7.64. The number of hydrogen-bond acceptors (Lipinski definition) is 3. The van der Waals surface area contributed by atoms with Crippen LogP contribution in [0.15, 0.2) is 53.4 Å². The highest BCUT2D eigenvalue weighted by Gasteiger charge is 2.41. The van der Waals surface area contributed by atoms with Gasteiger partial charge in [-0.1, -0.05) is 65.8 Å². The van der Waals surface area contributed by atoms with Crippen molar-refractivity contribution in [1.29, 1.82) is 0 Å². The number of thioether (sulfide) groups is 1. The van der Waals surface area contributed by atoms with Crippen LogP contribution in [-0.2, 0) is 5.75 Å². The molecule has 2 nitrogen and oxygen atoms in total. The van der Waals surface area contributed by atoms with Gasteiger partial charge >= 0.3 is 0 Å². The van der Waals surface area contributed by atoms with E-state index in [9.17, 15) is 0 Å². The molecule has 5 heteroatoms. The summed E-state index contributed by atoms with van der Waals surface area (Å²) in [5.74, 6) is 2.80. The van der Waals surface area contributed by atoms with Crippen molar-refractivity contribution >= 4 is 28.4 Å². The maximum atomic E-state index is 6.79. The molecule has 0 aliphatic carbocycles. The highest BCUT2D eigenvalue weighted by Crippen LogP contribution is 2.42. The average Bonchev–Trinajstić information content (AvgIpc) is 2.59. The van der Waals surface area contributed by atoms with Crippen molar-refractivity contribution in [3.8, 4) is 11.5 Å². The highest BCUT2D eigenvalue weighted by atomic mass is 32.2. The quantitative estimate of drug-likeness (QED) is 0.304. The summed E-state index contributed by atoms with van der Waals surface area (Å²) in [5, 5.41) is 0.308. The molecule has 0 unspecified atom stereocenters. The van der Waals surface area contributed by atoms with Gasteiger partial charge < -0.3 is 8.85 Å². The van der Waals surface area contributed by atoms with Gasteiger partial charge in [-0.3, -0.25) is 0 Å². The molecule has 166 valence electrons. The largest absolute Gasteiger partial charge is 0.543 e. The zero-order valence-electron chi connectivity index (χ0n) is 20.6. The molecular weight excluding hydrogens is 421 g/mol. The molecule has 2 rings (SSSR count). The lowest BCUT2D eigenvalue weighted by molar-refractivity contribution is 0.472. The number of hydrogen-bond donors (Lipinski definition) is 0. The number of benzene rings is 2. The van der Waals surface area contributed by atoms with Crippen LogP contribution in [0.2, 0.25) is 36.3 Å². The Balaban J connectivity index is 2.36. The van der Waals surface area contributed by atoms with Crippen LogP contribution in [0.25, 0.3) is 0 Å². The summed E-state index contributed by atoms with van der Waals surface area (Å²) >= 11 is 1.85. The second-order valence-corrected chi connectivity index (χ2v) is 21.6. The van der Waals surface area contributed by atoms with E-state index in [1.54, 1.807) is 0 Å². The van der Waals surface area contributed by atoms with Gasteiger partial charge in [-0.15, -0.1) is 11.8 Å². The molecule has 2 aromatic carbocycles. The fourth-order valence-corrected chi connectivity index (χ4v) is 5.34. The van der Waals surface area contributed by atoms with Gasteiger partial charge in [0.25, 0.3) is 0 Å². The van der Waals surface area contributed by atoms with Gasteiger partial charge in [-0.05, 0) is 54.5 Å². The molecule has 0 fully saturated rings. The Morgan fingerprint density at radius 2 is 1.27 bits per heavy atom. The minimum Gasteiger partial charge on any atom is -0.543 e. The first-order valence-electron chi connectivity index (χ1n) is 10.8. The van der Waals surface area contributed by atoms with Crippen molar-refractivity contribution in [3.05, 3.63) is 54.1 Å². The molecular formula is C25H40O2SSi2. The third kappa shape index (κ3) is 6.41. The third-order valence-corrected chi connectivity index (χ3v) is 16.3. The normalized spacial score (nSPS) is 13.3. The van der Waals surface area contributed by atoms with E-state index in [-0.39, 0.29) is 10.1 Å². The predicted molar refractivity (Wildman–Crippen MR) is 138 cm³/mol. The van der Waals surface area contributed by atoms with Crippen molar-refractivity contribution in [1.82, 2.24) is 0 Å². The van der Waals surface area contributed by atoms with Crippen LogP contribution < -0.4 is 8.85 Å². The molecule has 30 heavy (non-hydrogen) atoms. The highest BCUT2D eigenvalue weighted by molar-refractivity contribution is 7.98. The van der Waals surface area contributed by atoms with Crippen LogP contribution in [0.3, 0.4) is 0 Å². The summed E-state index contributed by atoms with van der Waals surface area (Å²) in [7, 11) is -3.86. The van der Waals surface area contributed by atoms with Crippen LogP contribution in [0, 0.1) is 0 Å². The lowest BCUT2D eigenvalue weighted by Gasteiger charge is -2.38. The zero-order valence-corrected chi connectivity index (χ0v) is 23.4. The van der Waals surface area contributed by atoms with Gasteiger partial charge in [-0.25, -0.2) is 0 Å². The van der Waals surface area contributed by atoms with Crippen molar-refractivity contribution in [3.63, 3.8) is 0 Å². The fraction of sp³-hybridized carbons (Fsp3) is 0.520. The van der Waals surface area contributed by atoms with E-state index < -0.39 is 16.6 Å². The SMILES string of the molecule is CC(C)(C)[Si](C)(C)Oc1ccc(CSc2ccccc2)c(O[Si](C)(C)C(C)(C)C)c1. The summed E-state index contributed by atoms with van der Waals surface area (Å²) in [6, 6.07) is 17.0. The first-order valence-corrected chi connectivity index (χ1v) is 17.6. The zero-order chi connectivity index (χ0) is 22.8. The molecule has 0 aliphatic rings. The van der Waals surface area contributed by atoms with Crippen molar-refractivity contribution in [2.45, 2.75) is 88.5 Å². The van der Waals surface area contributed by atoms with Gasteiger partial charge in [0.2, 0.25) is 16.6 Å². The van der Waals surface area contributed by atoms with Crippen molar-refractivity contribution in [2.75, 3.05) is 0 Å². The van der Waals surface area contributed by atoms with Crippen LogP contribution in [0.4, 0.5) is 0 Å². The van der Waals surface area contributed by atoms with Gasteiger partial charge in [0.15, 0.2) is 0 Å². The van der Waals surface area contributed by atoms with Gasteiger partial charge in [0.05, 0.1) is 0 Å². The van der Waals surface area contributed by atoms with Crippen LogP contribution >= 0.6 is 11.8 Å². The molecule has 0 aliphatic heterocycles. The molecule has 0 radical (unpaired) electrons. The maximum absolute atomic E-state index is 6.79. The fourth-order valence-electron chi connectivity index (χ4n) is 2.37. The second kappa shape index (κ2) is 9.13. The molecule has 0 atom stereocenters. The molecule has 0 saturated carbocycles. The standard InChI is InChI=1S/C25H40O2SSi2/c1-24(2,3)29(7,8)26-21-17-16-20(19-28-22-14-12-11-13-15-22)23(18-21)27-30(9,10)25(4,5)6/h11-18H,19H2,1-10H3. The molecule has 0 N–H and O–H groups in total. The molecule has 0 heterocycles. The molecule has 2 aromatic rings. The minimum absolute atomic E-state index is 0.146. The van der Waals surface area contributed by atoms with Gasteiger partial charge in [-0.2, -0.15) is 0 Å². The van der Waals surface area contributed by atoms with E-state index in [0.29, 0.717) is 0 Å². The van der Waals surface area contributed by atoms with E-state index in [0.717, 1.165) is 17.3 Å². The molecule has 0 amide bonds. The monoisotopic (exact) mass is 460 g/mol. The lowest BCUT2D eigenvalue weighted by atomic mass is 10.2.